The van der Waals surface area contributed by atoms with Crippen LogP contribution in [0.2, 0.25) is 0 Å². The zero-order valence-corrected chi connectivity index (χ0v) is 13.3. The summed E-state index contributed by atoms with van der Waals surface area (Å²) in [7, 11) is 0. The average Bonchev–Trinajstić information content (AvgIpc) is 3.14. The second-order valence-electron chi connectivity index (χ2n) is 4.90. The van der Waals surface area contributed by atoms with Crippen molar-refractivity contribution in [1.29, 1.82) is 0 Å². The smallest absolute Gasteiger partial charge is 0.407 e. The largest absolute Gasteiger partial charge is 0.445 e. The summed E-state index contributed by atoms with van der Waals surface area (Å²) < 4.78 is 5.21. The van der Waals surface area contributed by atoms with Crippen LogP contribution in [0.25, 0.3) is 10.6 Å². The lowest BCUT2D eigenvalue weighted by molar-refractivity contribution is 0.139. The van der Waals surface area contributed by atoms with Crippen molar-refractivity contribution >= 4 is 17.4 Å². The van der Waals surface area contributed by atoms with Crippen LogP contribution in [0.15, 0.2) is 66.2 Å². The lowest BCUT2D eigenvalue weighted by Gasteiger charge is -2.09. The number of amides is 1. The summed E-state index contributed by atoms with van der Waals surface area (Å²) in [6.07, 6.45) is 1.32. The molecule has 0 aliphatic carbocycles. The van der Waals surface area contributed by atoms with Crippen LogP contribution in [0.3, 0.4) is 0 Å². The first kappa shape index (κ1) is 15.2. The molecule has 2 heterocycles. The Morgan fingerprint density at radius 1 is 1.09 bits per heavy atom. The van der Waals surface area contributed by atoms with Crippen molar-refractivity contribution < 1.29 is 9.53 Å². The molecule has 1 amide bonds. The van der Waals surface area contributed by atoms with Crippen LogP contribution in [-0.4, -0.2) is 11.1 Å². The summed E-state index contributed by atoms with van der Waals surface area (Å²) in [6, 6.07) is 17.4. The Morgan fingerprint density at radius 2 is 1.96 bits per heavy atom. The highest BCUT2D eigenvalue weighted by molar-refractivity contribution is 7.13. The predicted molar refractivity (Wildman–Crippen MR) is 91.0 cm³/mol. The Morgan fingerprint density at radius 3 is 2.74 bits per heavy atom. The molecule has 116 valence electrons. The molecule has 0 fully saturated rings. The van der Waals surface area contributed by atoms with E-state index in [4.69, 9.17) is 4.74 Å². The normalized spacial score (nSPS) is 10.3. The van der Waals surface area contributed by atoms with Crippen molar-refractivity contribution in [2.75, 3.05) is 0 Å². The molecular weight excluding hydrogens is 308 g/mol. The second-order valence-corrected chi connectivity index (χ2v) is 5.85. The molecule has 0 saturated heterocycles. The van der Waals surface area contributed by atoms with Crippen LogP contribution in [0.4, 0.5) is 4.79 Å². The maximum Gasteiger partial charge on any atom is 0.407 e. The van der Waals surface area contributed by atoms with Crippen LogP contribution >= 0.6 is 11.3 Å². The number of thiophene rings is 1. The number of alkyl carbamates (subject to hydrolysis) is 1. The van der Waals surface area contributed by atoms with Crippen molar-refractivity contribution in [3.05, 3.63) is 77.3 Å². The van der Waals surface area contributed by atoms with Crippen molar-refractivity contribution in [3.8, 4) is 10.6 Å². The Hall–Kier alpha value is -2.66. The van der Waals surface area contributed by atoms with Gasteiger partial charge in [-0.3, -0.25) is 4.98 Å². The quantitative estimate of drug-likeness (QED) is 0.764. The molecule has 0 atom stereocenters. The number of nitrogens with one attached hydrogen (secondary N) is 1. The number of hydrogen-bond acceptors (Lipinski definition) is 4. The lowest BCUT2D eigenvalue weighted by atomic mass is 10.1. The van der Waals surface area contributed by atoms with Crippen molar-refractivity contribution in [2.45, 2.75) is 13.2 Å². The van der Waals surface area contributed by atoms with Gasteiger partial charge in [0.15, 0.2) is 0 Å². The Balaban J connectivity index is 1.57. The first-order valence-corrected chi connectivity index (χ1v) is 8.13. The number of nitrogens with zero attached hydrogens (tertiary/aromatic N) is 1. The van der Waals surface area contributed by atoms with Gasteiger partial charge in [0.25, 0.3) is 0 Å². The Bertz CT molecular complexity index is 758. The minimum Gasteiger partial charge on any atom is -0.445 e. The number of ether oxygens (including phenoxy) is 1. The molecule has 1 aromatic carbocycles. The summed E-state index contributed by atoms with van der Waals surface area (Å²) >= 11 is 1.63. The monoisotopic (exact) mass is 324 g/mol. The van der Waals surface area contributed by atoms with E-state index in [1.807, 2.05) is 60.0 Å². The van der Waals surface area contributed by atoms with E-state index in [1.54, 1.807) is 17.5 Å². The van der Waals surface area contributed by atoms with Crippen LogP contribution in [-0.2, 0) is 17.9 Å². The molecule has 1 N–H and O–H groups in total. The van der Waals surface area contributed by atoms with E-state index >= 15 is 0 Å². The first-order valence-electron chi connectivity index (χ1n) is 7.25. The second kappa shape index (κ2) is 7.56. The molecule has 0 bridgehead atoms. The van der Waals surface area contributed by atoms with Crippen LogP contribution in [0.1, 0.15) is 11.1 Å². The molecule has 23 heavy (non-hydrogen) atoms. The van der Waals surface area contributed by atoms with Crippen molar-refractivity contribution in [2.24, 2.45) is 0 Å². The molecule has 0 saturated carbocycles. The molecule has 0 aliphatic heterocycles. The highest BCUT2D eigenvalue weighted by Crippen LogP contribution is 2.25. The number of pyridine rings is 1. The molecule has 3 aromatic rings. The topological polar surface area (TPSA) is 51.2 Å². The third kappa shape index (κ3) is 4.17. The minimum absolute atomic E-state index is 0.261. The zero-order valence-electron chi connectivity index (χ0n) is 12.4. The molecular formula is C18H16N2O2S. The molecule has 0 unspecified atom stereocenters. The number of aromatic nitrogens is 1. The number of benzene rings is 1. The average molecular weight is 324 g/mol. The SMILES string of the molecule is O=C(NCc1cccnc1-c1cccs1)OCc1ccccc1. The summed E-state index contributed by atoms with van der Waals surface area (Å²) in [4.78, 5) is 17.3. The fourth-order valence-electron chi connectivity index (χ4n) is 2.16. The summed E-state index contributed by atoms with van der Waals surface area (Å²) in [5, 5.41) is 4.78. The van der Waals surface area contributed by atoms with Gasteiger partial charge in [-0.1, -0.05) is 42.5 Å². The molecule has 0 aliphatic rings. The standard InChI is InChI=1S/C18H16N2O2S/c21-18(22-13-14-6-2-1-3-7-14)20-12-15-8-4-10-19-17(15)16-9-5-11-23-16/h1-11H,12-13H2,(H,20,21). The maximum atomic E-state index is 11.8. The number of rotatable bonds is 5. The van der Waals surface area contributed by atoms with Gasteiger partial charge in [-0.15, -0.1) is 11.3 Å². The van der Waals surface area contributed by atoms with Gasteiger partial charge in [0, 0.05) is 12.7 Å². The Labute approximate surface area is 138 Å². The summed E-state index contributed by atoms with van der Waals surface area (Å²) in [5.41, 5.74) is 2.82. The van der Waals surface area contributed by atoms with Gasteiger partial charge < -0.3 is 10.1 Å². The van der Waals surface area contributed by atoms with E-state index in [0.29, 0.717) is 6.54 Å². The van der Waals surface area contributed by atoms with E-state index in [2.05, 4.69) is 10.3 Å². The van der Waals surface area contributed by atoms with Crippen molar-refractivity contribution in [1.82, 2.24) is 10.3 Å². The fourth-order valence-corrected chi connectivity index (χ4v) is 2.91. The van der Waals surface area contributed by atoms with Gasteiger partial charge in [0.2, 0.25) is 0 Å². The number of carbonyl (C=O) groups excluding carboxylic acids is 1. The van der Waals surface area contributed by atoms with Gasteiger partial charge in [-0.05, 0) is 28.6 Å². The highest BCUT2D eigenvalue weighted by Gasteiger charge is 2.09. The van der Waals surface area contributed by atoms with Gasteiger partial charge in [0.05, 0.1) is 10.6 Å². The maximum absolute atomic E-state index is 11.8. The molecule has 0 spiro atoms. The first-order chi connectivity index (χ1) is 11.3. The van der Waals surface area contributed by atoms with Gasteiger partial charge in [0.1, 0.15) is 6.61 Å². The molecule has 3 rings (SSSR count). The fraction of sp³-hybridized carbons (Fsp3) is 0.111. The highest BCUT2D eigenvalue weighted by atomic mass is 32.1. The van der Waals surface area contributed by atoms with E-state index < -0.39 is 6.09 Å². The molecule has 2 aromatic heterocycles. The van der Waals surface area contributed by atoms with Crippen molar-refractivity contribution in [3.63, 3.8) is 0 Å². The van der Waals surface area contributed by atoms with Gasteiger partial charge >= 0.3 is 6.09 Å². The molecule has 4 nitrogen and oxygen atoms in total. The van der Waals surface area contributed by atoms with Gasteiger partial charge in [-0.2, -0.15) is 0 Å². The number of hydrogen-bond donors (Lipinski definition) is 1. The van der Waals surface area contributed by atoms with Crippen LogP contribution in [0.5, 0.6) is 0 Å². The number of carbonyl (C=O) groups is 1. The van der Waals surface area contributed by atoms with Crippen LogP contribution in [0, 0.1) is 0 Å². The molecule has 0 radical (unpaired) electrons. The Kier molecular flexibility index (Phi) is 5.01. The third-order valence-corrected chi connectivity index (χ3v) is 4.16. The summed E-state index contributed by atoms with van der Waals surface area (Å²) in [6.45, 7) is 0.645. The van der Waals surface area contributed by atoms with E-state index in [-0.39, 0.29) is 6.61 Å². The summed E-state index contributed by atoms with van der Waals surface area (Å²) in [5.74, 6) is 0. The zero-order chi connectivity index (χ0) is 15.9. The van der Waals surface area contributed by atoms with E-state index in [9.17, 15) is 4.79 Å². The van der Waals surface area contributed by atoms with Crippen LogP contribution < -0.4 is 5.32 Å². The van der Waals surface area contributed by atoms with E-state index in [1.165, 1.54) is 0 Å². The predicted octanol–water partition coefficient (Wildman–Crippen LogP) is 4.24. The third-order valence-electron chi connectivity index (χ3n) is 3.28. The minimum atomic E-state index is -0.435. The lowest BCUT2D eigenvalue weighted by Crippen LogP contribution is -2.24. The van der Waals surface area contributed by atoms with Gasteiger partial charge in [-0.25, -0.2) is 4.79 Å². The van der Waals surface area contributed by atoms with E-state index in [0.717, 1.165) is 21.7 Å². The molecule has 5 heteroatoms.